The Bertz CT molecular complexity index is 1050. The van der Waals surface area contributed by atoms with E-state index in [1.165, 1.54) is 0 Å². The Balaban J connectivity index is 1.69. The van der Waals surface area contributed by atoms with Gasteiger partial charge in [0.25, 0.3) is 0 Å². The molecule has 0 saturated carbocycles. The van der Waals surface area contributed by atoms with Crippen LogP contribution in [0.4, 0.5) is 0 Å². The summed E-state index contributed by atoms with van der Waals surface area (Å²) in [5.74, 6) is 0. The molecule has 0 amide bonds. The highest BCUT2D eigenvalue weighted by Gasteiger charge is 2.44. The van der Waals surface area contributed by atoms with Gasteiger partial charge in [0.15, 0.2) is 6.23 Å². The molecular weight excluding hydrogens is 434 g/mol. The molecule has 1 fully saturated rings. The summed E-state index contributed by atoms with van der Waals surface area (Å²) in [5, 5.41) is 50.9. The number of nitrogens with zero attached hydrogens (tertiary/aromatic N) is 1. The second-order valence-corrected chi connectivity index (χ2v) is 8.64. The van der Waals surface area contributed by atoms with Crippen molar-refractivity contribution in [3.63, 3.8) is 0 Å². The number of aromatic nitrogens is 1. The average Bonchev–Trinajstić information content (AvgIpc) is 3.16. The van der Waals surface area contributed by atoms with Crippen LogP contribution in [0.15, 0.2) is 48.7 Å². The quantitative estimate of drug-likeness (QED) is 0.366. The Hall–Kier alpha value is -1.97. The number of hydrogen-bond donors (Lipinski definition) is 5. The zero-order valence-electron chi connectivity index (χ0n) is 17.5. The molecule has 4 rings (SSSR count). The largest absolute Gasteiger partial charge is 0.396 e. The molecular formula is C24H28ClNO6. The van der Waals surface area contributed by atoms with Crippen LogP contribution < -0.4 is 0 Å². The molecule has 0 bridgehead atoms. The van der Waals surface area contributed by atoms with Crippen LogP contribution in [0.25, 0.3) is 10.9 Å². The van der Waals surface area contributed by atoms with Gasteiger partial charge in [-0.2, -0.15) is 0 Å². The van der Waals surface area contributed by atoms with E-state index in [4.69, 9.17) is 21.4 Å². The summed E-state index contributed by atoms with van der Waals surface area (Å²) in [6.07, 6.45) is -2.29. The van der Waals surface area contributed by atoms with Crippen LogP contribution in [0.5, 0.6) is 0 Å². The summed E-state index contributed by atoms with van der Waals surface area (Å²) >= 11 is 6.54. The van der Waals surface area contributed by atoms with Crippen LogP contribution in [0, 0.1) is 0 Å². The van der Waals surface area contributed by atoms with Gasteiger partial charge in [-0.3, -0.25) is 0 Å². The SMILES string of the molecule is OCCCc1ccc(Cc2cn([C@@H]3O[C@H](CO)[C@@H](O)[C@H](O)[C@H]3O)c3cccc(Cl)c23)cc1. The van der Waals surface area contributed by atoms with Crippen molar-refractivity contribution in [2.24, 2.45) is 0 Å². The van der Waals surface area contributed by atoms with Crippen molar-refractivity contribution >= 4 is 22.5 Å². The van der Waals surface area contributed by atoms with E-state index in [9.17, 15) is 20.4 Å². The maximum absolute atomic E-state index is 10.6. The van der Waals surface area contributed by atoms with Crippen molar-refractivity contribution in [1.29, 1.82) is 0 Å². The first-order valence-corrected chi connectivity index (χ1v) is 11.1. The standard InChI is InChI=1S/C24H28ClNO6/c25-17-4-1-5-18-20(17)16(11-15-8-6-14(7-9-15)3-2-10-27)12-26(18)24-23(31)22(30)21(29)19(13-28)32-24/h1,4-9,12,19,21-24,27-31H,2-3,10-11,13H2/t19-,21-,22+,23-,24-/m1/s1. The number of benzene rings is 2. The minimum atomic E-state index is -1.46. The highest BCUT2D eigenvalue weighted by atomic mass is 35.5. The van der Waals surface area contributed by atoms with Gasteiger partial charge in [0.05, 0.1) is 17.1 Å². The number of rotatable bonds is 7. The minimum absolute atomic E-state index is 0.164. The van der Waals surface area contributed by atoms with Gasteiger partial charge in [-0.05, 0) is 48.1 Å². The van der Waals surface area contributed by atoms with Gasteiger partial charge in [0.1, 0.15) is 24.4 Å². The summed E-state index contributed by atoms with van der Waals surface area (Å²) in [7, 11) is 0. The Morgan fingerprint density at radius 2 is 1.62 bits per heavy atom. The van der Waals surface area contributed by atoms with Crippen LogP contribution in [0.2, 0.25) is 5.02 Å². The molecule has 172 valence electrons. The molecule has 3 aromatic rings. The molecule has 0 spiro atoms. The second-order valence-electron chi connectivity index (χ2n) is 8.24. The Morgan fingerprint density at radius 1 is 0.906 bits per heavy atom. The number of aryl methyl sites for hydroxylation is 1. The molecule has 1 aromatic heterocycles. The molecule has 5 N–H and O–H groups in total. The maximum Gasteiger partial charge on any atom is 0.163 e. The van der Waals surface area contributed by atoms with Gasteiger partial charge in [-0.25, -0.2) is 0 Å². The Kier molecular flexibility index (Phi) is 7.17. The van der Waals surface area contributed by atoms with Gasteiger partial charge in [0.2, 0.25) is 0 Å². The molecule has 1 saturated heterocycles. The molecule has 32 heavy (non-hydrogen) atoms. The predicted molar refractivity (Wildman–Crippen MR) is 121 cm³/mol. The van der Waals surface area contributed by atoms with Crippen LogP contribution in [-0.4, -0.2) is 67.7 Å². The number of aliphatic hydroxyl groups excluding tert-OH is 5. The fourth-order valence-corrected chi connectivity index (χ4v) is 4.62. The fraction of sp³-hybridized carbons (Fsp3) is 0.417. The van der Waals surface area contributed by atoms with Crippen molar-refractivity contribution in [2.45, 2.75) is 49.9 Å². The van der Waals surface area contributed by atoms with Crippen LogP contribution >= 0.6 is 11.6 Å². The van der Waals surface area contributed by atoms with E-state index in [1.54, 1.807) is 16.7 Å². The molecule has 2 aromatic carbocycles. The first-order chi connectivity index (χ1) is 15.4. The van der Waals surface area contributed by atoms with E-state index in [0.29, 0.717) is 11.4 Å². The van der Waals surface area contributed by atoms with Gasteiger partial charge in [-0.1, -0.05) is 41.9 Å². The maximum atomic E-state index is 10.6. The molecule has 5 atom stereocenters. The van der Waals surface area contributed by atoms with E-state index in [2.05, 4.69) is 0 Å². The molecule has 8 heteroatoms. The number of aliphatic hydroxyl groups is 5. The zero-order valence-corrected chi connectivity index (χ0v) is 18.3. The summed E-state index contributed by atoms with van der Waals surface area (Å²) in [6, 6.07) is 13.6. The Morgan fingerprint density at radius 3 is 2.31 bits per heavy atom. The Labute approximate surface area is 191 Å². The molecule has 1 aliphatic rings. The molecule has 1 aliphatic heterocycles. The molecule has 0 radical (unpaired) electrons. The molecule has 2 heterocycles. The smallest absolute Gasteiger partial charge is 0.163 e. The van der Waals surface area contributed by atoms with E-state index in [0.717, 1.165) is 40.4 Å². The van der Waals surface area contributed by atoms with Gasteiger partial charge in [0, 0.05) is 18.2 Å². The van der Waals surface area contributed by atoms with Crippen LogP contribution in [0.3, 0.4) is 0 Å². The second kappa shape index (κ2) is 9.89. The first kappa shape index (κ1) is 23.2. The number of halogens is 1. The number of fused-ring (bicyclic) bond motifs is 1. The van der Waals surface area contributed by atoms with Crippen LogP contribution in [-0.2, 0) is 17.6 Å². The lowest BCUT2D eigenvalue weighted by molar-refractivity contribution is -0.250. The van der Waals surface area contributed by atoms with Crippen molar-refractivity contribution in [3.8, 4) is 0 Å². The fourth-order valence-electron chi connectivity index (χ4n) is 4.33. The lowest BCUT2D eigenvalue weighted by atomic mass is 9.98. The third kappa shape index (κ3) is 4.43. The van der Waals surface area contributed by atoms with E-state index >= 15 is 0 Å². The summed E-state index contributed by atoms with van der Waals surface area (Å²) in [6.45, 7) is -0.325. The van der Waals surface area contributed by atoms with Crippen molar-refractivity contribution in [1.82, 2.24) is 4.57 Å². The number of hydrogen-bond acceptors (Lipinski definition) is 6. The van der Waals surface area contributed by atoms with Gasteiger partial charge < -0.3 is 34.8 Å². The van der Waals surface area contributed by atoms with E-state index in [-0.39, 0.29) is 6.61 Å². The average molecular weight is 462 g/mol. The predicted octanol–water partition coefficient (Wildman–Crippen LogP) is 1.78. The van der Waals surface area contributed by atoms with Gasteiger partial charge >= 0.3 is 0 Å². The lowest BCUT2D eigenvalue weighted by Gasteiger charge is -2.40. The summed E-state index contributed by atoms with van der Waals surface area (Å²) in [5.41, 5.74) is 3.87. The van der Waals surface area contributed by atoms with E-state index < -0.39 is 37.3 Å². The third-order valence-corrected chi connectivity index (χ3v) is 6.38. The minimum Gasteiger partial charge on any atom is -0.396 e. The normalized spacial score (nSPS) is 26.0. The molecule has 0 aliphatic carbocycles. The van der Waals surface area contributed by atoms with Crippen molar-refractivity contribution < 1.29 is 30.3 Å². The highest BCUT2D eigenvalue weighted by molar-refractivity contribution is 6.35. The topological polar surface area (TPSA) is 115 Å². The number of ether oxygens (including phenoxy) is 1. The van der Waals surface area contributed by atoms with Gasteiger partial charge in [-0.15, -0.1) is 0 Å². The zero-order chi connectivity index (χ0) is 22.8. The summed E-state index contributed by atoms with van der Waals surface area (Å²) in [4.78, 5) is 0. The lowest BCUT2D eigenvalue weighted by Crippen LogP contribution is -2.56. The van der Waals surface area contributed by atoms with Crippen LogP contribution in [0.1, 0.15) is 29.3 Å². The third-order valence-electron chi connectivity index (χ3n) is 6.07. The highest BCUT2D eigenvalue weighted by Crippen LogP contribution is 2.36. The van der Waals surface area contributed by atoms with Crippen molar-refractivity contribution in [3.05, 3.63) is 70.4 Å². The summed E-state index contributed by atoms with van der Waals surface area (Å²) < 4.78 is 7.47. The van der Waals surface area contributed by atoms with Crippen molar-refractivity contribution in [2.75, 3.05) is 13.2 Å². The monoisotopic (exact) mass is 461 g/mol. The van der Waals surface area contributed by atoms with E-state index in [1.807, 2.05) is 36.5 Å². The molecule has 7 nitrogen and oxygen atoms in total. The molecule has 0 unspecified atom stereocenters. The first-order valence-electron chi connectivity index (χ1n) is 10.7.